The van der Waals surface area contributed by atoms with E-state index in [1.165, 1.54) is 17.3 Å². The molecule has 6 nitrogen and oxygen atoms in total. The van der Waals surface area contributed by atoms with Crippen LogP contribution in [0.1, 0.15) is 0 Å². The largest absolute Gasteiger partial charge is 0.480 e. The molecule has 0 spiro atoms. The Morgan fingerprint density at radius 2 is 2.42 bits per heavy atom. The van der Waals surface area contributed by atoms with Crippen molar-refractivity contribution in [2.24, 2.45) is 5.73 Å². The molecule has 1 aromatic rings. The first-order chi connectivity index (χ1) is 5.20. The summed E-state index contributed by atoms with van der Waals surface area (Å²) in [5.41, 5.74) is 5.22. The Labute approximate surface area is 74.8 Å². The topological polar surface area (TPSA) is 94.0 Å². The average Bonchev–Trinajstić information content (AvgIpc) is 2.39. The second-order valence-electron chi connectivity index (χ2n) is 2.06. The Morgan fingerprint density at radius 3 is 2.83 bits per heavy atom. The maximum absolute atomic E-state index is 10.2. The average molecular weight is 193 g/mol. The standard InChI is InChI=1S/C5H8N4O2.ClH/c6-4(5(10)11)1-9-3-7-2-8-9;/h2-4H,1,6H2,(H,10,11);1H/t4-;/m0./s1. The van der Waals surface area contributed by atoms with E-state index >= 15 is 0 Å². The van der Waals surface area contributed by atoms with Gasteiger partial charge in [-0.05, 0) is 0 Å². The predicted molar refractivity (Wildman–Crippen MR) is 42.9 cm³/mol. The fraction of sp³-hybridized carbons (Fsp3) is 0.400. The van der Waals surface area contributed by atoms with Crippen LogP contribution >= 0.6 is 12.4 Å². The number of carboxylic acids is 1. The maximum Gasteiger partial charge on any atom is 0.322 e. The lowest BCUT2D eigenvalue weighted by Gasteiger charge is -2.04. The zero-order valence-electron chi connectivity index (χ0n) is 6.12. The third-order valence-electron chi connectivity index (χ3n) is 1.17. The Kier molecular flexibility index (Phi) is 4.24. The van der Waals surface area contributed by atoms with Crippen molar-refractivity contribution >= 4 is 18.4 Å². The first kappa shape index (κ1) is 10.9. The zero-order chi connectivity index (χ0) is 8.27. The van der Waals surface area contributed by atoms with Gasteiger partial charge >= 0.3 is 5.97 Å². The number of hydrogen-bond donors (Lipinski definition) is 2. The minimum absolute atomic E-state index is 0. The van der Waals surface area contributed by atoms with Crippen LogP contribution in [0.25, 0.3) is 0 Å². The van der Waals surface area contributed by atoms with Crippen LogP contribution < -0.4 is 5.73 Å². The summed E-state index contributed by atoms with van der Waals surface area (Å²) in [6.07, 6.45) is 2.75. The molecule has 0 fully saturated rings. The summed E-state index contributed by atoms with van der Waals surface area (Å²) in [6, 6.07) is -0.920. The summed E-state index contributed by atoms with van der Waals surface area (Å²) in [7, 11) is 0. The third-order valence-corrected chi connectivity index (χ3v) is 1.17. The highest BCUT2D eigenvalue weighted by Crippen LogP contribution is 1.85. The van der Waals surface area contributed by atoms with Gasteiger partial charge in [-0.3, -0.25) is 9.48 Å². The number of hydrogen-bond acceptors (Lipinski definition) is 4. The zero-order valence-corrected chi connectivity index (χ0v) is 6.94. The van der Waals surface area contributed by atoms with Gasteiger partial charge in [-0.1, -0.05) is 0 Å². The molecule has 0 bridgehead atoms. The summed E-state index contributed by atoms with van der Waals surface area (Å²) >= 11 is 0. The number of rotatable bonds is 3. The number of nitrogens with zero attached hydrogens (tertiary/aromatic N) is 3. The van der Waals surface area contributed by atoms with E-state index in [9.17, 15) is 4.79 Å². The molecule has 0 unspecified atom stereocenters. The molecule has 0 aliphatic rings. The summed E-state index contributed by atoms with van der Waals surface area (Å²) in [6.45, 7) is 0.148. The molecular weight excluding hydrogens is 184 g/mol. The van der Waals surface area contributed by atoms with Crippen LogP contribution in [0.15, 0.2) is 12.7 Å². The van der Waals surface area contributed by atoms with Gasteiger partial charge in [0.2, 0.25) is 0 Å². The molecule has 0 aliphatic heterocycles. The lowest BCUT2D eigenvalue weighted by atomic mass is 10.3. The molecule has 0 aliphatic carbocycles. The molecule has 0 saturated heterocycles. The number of carboxylic acid groups (broad SMARTS) is 1. The van der Waals surface area contributed by atoms with Crippen LogP contribution in [0.5, 0.6) is 0 Å². The van der Waals surface area contributed by atoms with E-state index in [2.05, 4.69) is 10.1 Å². The van der Waals surface area contributed by atoms with Crippen LogP contribution in [0.2, 0.25) is 0 Å². The van der Waals surface area contributed by atoms with Gasteiger partial charge in [0.25, 0.3) is 0 Å². The van der Waals surface area contributed by atoms with E-state index in [0.29, 0.717) is 0 Å². The first-order valence-electron chi connectivity index (χ1n) is 3.01. The van der Waals surface area contributed by atoms with Crippen molar-refractivity contribution in [1.29, 1.82) is 0 Å². The van der Waals surface area contributed by atoms with Crippen LogP contribution in [0.4, 0.5) is 0 Å². The molecule has 0 aromatic carbocycles. The van der Waals surface area contributed by atoms with Crippen LogP contribution in [0, 0.1) is 0 Å². The van der Waals surface area contributed by atoms with Gasteiger partial charge < -0.3 is 10.8 Å². The quantitative estimate of drug-likeness (QED) is 0.648. The molecule has 0 saturated carbocycles. The number of nitrogens with two attached hydrogens (primary N) is 1. The number of halogens is 1. The fourth-order valence-electron chi connectivity index (χ4n) is 0.607. The highest BCUT2D eigenvalue weighted by Gasteiger charge is 2.11. The molecule has 3 N–H and O–H groups in total. The molecule has 12 heavy (non-hydrogen) atoms. The second-order valence-corrected chi connectivity index (χ2v) is 2.06. The van der Waals surface area contributed by atoms with Crippen molar-refractivity contribution in [3.8, 4) is 0 Å². The number of aromatic nitrogens is 3. The van der Waals surface area contributed by atoms with Crippen molar-refractivity contribution in [3.05, 3.63) is 12.7 Å². The SMILES string of the molecule is Cl.N[C@@H](Cn1cncn1)C(=O)O. The van der Waals surface area contributed by atoms with Crippen molar-refractivity contribution in [3.63, 3.8) is 0 Å². The summed E-state index contributed by atoms with van der Waals surface area (Å²) in [4.78, 5) is 13.9. The van der Waals surface area contributed by atoms with E-state index in [-0.39, 0.29) is 19.0 Å². The van der Waals surface area contributed by atoms with Crippen LogP contribution in [0.3, 0.4) is 0 Å². The van der Waals surface area contributed by atoms with Gasteiger partial charge in [0, 0.05) is 0 Å². The minimum atomic E-state index is -1.04. The van der Waals surface area contributed by atoms with Crippen molar-refractivity contribution in [2.75, 3.05) is 0 Å². The molecule has 1 heterocycles. The van der Waals surface area contributed by atoms with Gasteiger partial charge in [-0.2, -0.15) is 5.10 Å². The van der Waals surface area contributed by atoms with Gasteiger partial charge in [0.1, 0.15) is 18.7 Å². The molecule has 7 heteroatoms. The van der Waals surface area contributed by atoms with Crippen LogP contribution in [-0.2, 0) is 11.3 Å². The molecule has 1 rings (SSSR count). The molecule has 0 amide bonds. The third kappa shape index (κ3) is 2.85. The summed E-state index contributed by atoms with van der Waals surface area (Å²) in [5, 5.41) is 12.1. The van der Waals surface area contributed by atoms with Crippen molar-refractivity contribution in [2.45, 2.75) is 12.6 Å². The lowest BCUT2D eigenvalue weighted by Crippen LogP contribution is -2.34. The van der Waals surface area contributed by atoms with Gasteiger partial charge in [0.15, 0.2) is 0 Å². The minimum Gasteiger partial charge on any atom is -0.480 e. The molecule has 68 valence electrons. The summed E-state index contributed by atoms with van der Waals surface area (Å²) in [5.74, 6) is -1.04. The van der Waals surface area contributed by atoms with Crippen molar-refractivity contribution in [1.82, 2.24) is 14.8 Å². The highest BCUT2D eigenvalue weighted by atomic mass is 35.5. The van der Waals surface area contributed by atoms with Crippen LogP contribution in [-0.4, -0.2) is 31.9 Å². The highest BCUT2D eigenvalue weighted by molar-refractivity contribution is 5.85. The Hall–Kier alpha value is -1.14. The van der Waals surface area contributed by atoms with E-state index in [0.717, 1.165) is 0 Å². The van der Waals surface area contributed by atoms with E-state index in [1.54, 1.807) is 0 Å². The van der Waals surface area contributed by atoms with Gasteiger partial charge in [0.05, 0.1) is 6.54 Å². The number of carbonyl (C=O) groups is 1. The fourth-order valence-corrected chi connectivity index (χ4v) is 0.607. The smallest absolute Gasteiger partial charge is 0.322 e. The number of aliphatic carboxylic acids is 1. The van der Waals surface area contributed by atoms with E-state index in [1.807, 2.05) is 0 Å². The molecular formula is C5H9ClN4O2. The second kappa shape index (κ2) is 4.68. The molecule has 0 radical (unpaired) electrons. The van der Waals surface area contributed by atoms with Gasteiger partial charge in [-0.25, -0.2) is 4.98 Å². The van der Waals surface area contributed by atoms with E-state index < -0.39 is 12.0 Å². The lowest BCUT2D eigenvalue weighted by molar-refractivity contribution is -0.138. The molecule has 1 aromatic heterocycles. The van der Waals surface area contributed by atoms with Crippen molar-refractivity contribution < 1.29 is 9.90 Å². The Bertz CT molecular complexity index is 238. The monoisotopic (exact) mass is 192 g/mol. The first-order valence-corrected chi connectivity index (χ1v) is 3.01. The maximum atomic E-state index is 10.2. The Balaban J connectivity index is 0.00000121. The van der Waals surface area contributed by atoms with Gasteiger partial charge in [-0.15, -0.1) is 12.4 Å². The summed E-state index contributed by atoms with van der Waals surface area (Å²) < 4.78 is 1.37. The normalized spacial score (nSPS) is 11.8. The van der Waals surface area contributed by atoms with E-state index in [4.69, 9.17) is 10.8 Å². The Morgan fingerprint density at radius 1 is 1.75 bits per heavy atom. The molecule has 1 atom stereocenters. The predicted octanol–water partition coefficient (Wildman–Crippen LogP) is -0.888.